The Hall–Kier alpha value is -3.54. The molecule has 2 aromatic carbocycles. The quantitative estimate of drug-likeness (QED) is 0.587. The highest BCUT2D eigenvalue weighted by Gasteiger charge is 2.15. The second kappa shape index (κ2) is 9.10. The van der Waals surface area contributed by atoms with E-state index in [1.165, 1.54) is 0 Å². The molecule has 0 aliphatic carbocycles. The first kappa shape index (κ1) is 20.2. The number of aromatic nitrogens is 1. The van der Waals surface area contributed by atoms with E-state index in [1.54, 1.807) is 37.6 Å². The molecule has 0 unspecified atom stereocenters. The van der Waals surface area contributed by atoms with Gasteiger partial charge in [0, 0.05) is 36.4 Å². The van der Waals surface area contributed by atoms with Crippen molar-refractivity contribution in [2.24, 2.45) is 0 Å². The molecule has 150 valence electrons. The minimum absolute atomic E-state index is 0.000716. The zero-order valence-electron chi connectivity index (χ0n) is 16.7. The normalized spacial score (nSPS) is 10.6. The van der Waals surface area contributed by atoms with Crippen LogP contribution in [0.5, 0.6) is 11.5 Å². The molecule has 0 bridgehead atoms. The van der Waals surface area contributed by atoms with Gasteiger partial charge in [0.2, 0.25) is 0 Å². The van der Waals surface area contributed by atoms with Crippen LogP contribution in [0.2, 0.25) is 0 Å². The monoisotopic (exact) mass is 392 g/mol. The minimum atomic E-state index is -0.951. The first-order valence-corrected chi connectivity index (χ1v) is 9.32. The van der Waals surface area contributed by atoms with Crippen molar-refractivity contribution in [3.8, 4) is 11.5 Å². The molecule has 1 heterocycles. The zero-order valence-corrected chi connectivity index (χ0v) is 16.7. The van der Waals surface area contributed by atoms with Crippen LogP contribution in [0, 0.1) is 0 Å². The van der Waals surface area contributed by atoms with Crippen LogP contribution in [0.4, 0.5) is 11.4 Å². The summed E-state index contributed by atoms with van der Waals surface area (Å²) in [5.41, 5.74) is 3.03. The number of pyridine rings is 1. The molecule has 3 aromatic rings. The summed E-state index contributed by atoms with van der Waals surface area (Å²) in [6.07, 6.45) is 3.55. The van der Waals surface area contributed by atoms with Gasteiger partial charge >= 0.3 is 5.97 Å². The van der Waals surface area contributed by atoms with E-state index in [-0.39, 0.29) is 11.7 Å². The number of ether oxygens (including phenoxy) is 2. The van der Waals surface area contributed by atoms with Crippen molar-refractivity contribution in [1.29, 1.82) is 0 Å². The second-order valence-electron chi connectivity index (χ2n) is 6.80. The van der Waals surface area contributed by atoms with E-state index in [4.69, 9.17) is 9.47 Å². The maximum absolute atomic E-state index is 11.2. The van der Waals surface area contributed by atoms with Crippen molar-refractivity contribution in [2.75, 3.05) is 12.0 Å². The summed E-state index contributed by atoms with van der Waals surface area (Å²) in [6.45, 7) is 4.49. The molecule has 29 heavy (non-hydrogen) atoms. The standard InChI is InChI=1S/C23H24N2O4/c1-16(2)29-22-13-20(10-11-21(22)28-3)25(15-17-5-4-12-24-14-17)19-8-6-18(7-9-19)23(26)27/h4-14,16H,15H2,1-3H3,(H,26,27). The first-order valence-electron chi connectivity index (χ1n) is 9.32. The summed E-state index contributed by atoms with van der Waals surface area (Å²) in [4.78, 5) is 17.5. The molecule has 1 aromatic heterocycles. The predicted molar refractivity (Wildman–Crippen MR) is 112 cm³/mol. The smallest absolute Gasteiger partial charge is 0.335 e. The molecule has 0 fully saturated rings. The number of methoxy groups -OCH3 is 1. The topological polar surface area (TPSA) is 71.9 Å². The highest BCUT2D eigenvalue weighted by molar-refractivity contribution is 5.88. The zero-order chi connectivity index (χ0) is 20.8. The molecule has 6 nitrogen and oxygen atoms in total. The number of carboxylic acid groups (broad SMARTS) is 1. The summed E-state index contributed by atoms with van der Waals surface area (Å²) in [6, 6.07) is 16.4. The average Bonchev–Trinajstić information content (AvgIpc) is 2.72. The lowest BCUT2D eigenvalue weighted by molar-refractivity contribution is 0.0697. The fourth-order valence-electron chi connectivity index (χ4n) is 2.97. The van der Waals surface area contributed by atoms with Crippen molar-refractivity contribution in [2.45, 2.75) is 26.5 Å². The lowest BCUT2D eigenvalue weighted by atomic mass is 10.1. The maximum Gasteiger partial charge on any atom is 0.335 e. The molecule has 0 spiro atoms. The summed E-state index contributed by atoms with van der Waals surface area (Å²) < 4.78 is 11.4. The molecule has 0 saturated heterocycles. The van der Waals surface area contributed by atoms with Crippen molar-refractivity contribution in [3.63, 3.8) is 0 Å². The van der Waals surface area contributed by atoms with Crippen molar-refractivity contribution in [1.82, 2.24) is 4.98 Å². The van der Waals surface area contributed by atoms with Gasteiger partial charge in [0.25, 0.3) is 0 Å². The molecular weight excluding hydrogens is 368 g/mol. The Kier molecular flexibility index (Phi) is 6.34. The summed E-state index contributed by atoms with van der Waals surface area (Å²) in [5, 5.41) is 9.19. The van der Waals surface area contributed by atoms with Gasteiger partial charge in [-0.2, -0.15) is 0 Å². The highest BCUT2D eigenvalue weighted by Crippen LogP contribution is 2.36. The van der Waals surface area contributed by atoms with Crippen molar-refractivity contribution >= 4 is 17.3 Å². The molecule has 0 atom stereocenters. The van der Waals surface area contributed by atoms with Gasteiger partial charge in [-0.3, -0.25) is 4.98 Å². The Morgan fingerprint density at radius 3 is 2.38 bits per heavy atom. The molecule has 1 N–H and O–H groups in total. The molecule has 6 heteroatoms. The average molecular weight is 392 g/mol. The third-order valence-corrected chi connectivity index (χ3v) is 4.31. The second-order valence-corrected chi connectivity index (χ2v) is 6.80. The molecule has 0 aliphatic heterocycles. The van der Waals surface area contributed by atoms with E-state index in [9.17, 15) is 9.90 Å². The van der Waals surface area contributed by atoms with Gasteiger partial charge in [0.1, 0.15) is 0 Å². The van der Waals surface area contributed by atoms with E-state index in [0.29, 0.717) is 18.0 Å². The van der Waals surface area contributed by atoms with Crippen LogP contribution in [-0.2, 0) is 6.54 Å². The van der Waals surface area contributed by atoms with Crippen molar-refractivity contribution in [3.05, 3.63) is 78.1 Å². The largest absolute Gasteiger partial charge is 0.493 e. The number of nitrogens with zero attached hydrogens (tertiary/aromatic N) is 2. The van der Waals surface area contributed by atoms with Gasteiger partial charge in [-0.05, 0) is 61.9 Å². The third kappa shape index (κ3) is 5.04. The molecular formula is C23H24N2O4. The van der Waals surface area contributed by atoms with Gasteiger partial charge < -0.3 is 19.5 Å². The predicted octanol–water partition coefficient (Wildman–Crippen LogP) is 4.91. The number of aromatic carboxylic acids is 1. The van der Waals surface area contributed by atoms with Gasteiger partial charge in [-0.15, -0.1) is 0 Å². The molecule has 0 radical (unpaired) electrons. The van der Waals surface area contributed by atoms with Crippen LogP contribution >= 0.6 is 0 Å². The van der Waals surface area contributed by atoms with Crippen LogP contribution < -0.4 is 14.4 Å². The summed E-state index contributed by atoms with van der Waals surface area (Å²) in [5.74, 6) is 0.357. The van der Waals surface area contributed by atoms with E-state index < -0.39 is 5.97 Å². The Balaban J connectivity index is 2.03. The fourth-order valence-corrected chi connectivity index (χ4v) is 2.97. The molecule has 3 rings (SSSR count). The van der Waals surface area contributed by atoms with Crippen LogP contribution in [-0.4, -0.2) is 29.3 Å². The minimum Gasteiger partial charge on any atom is -0.493 e. The fraction of sp³-hybridized carbons (Fsp3) is 0.217. The Bertz CT molecular complexity index is 956. The Morgan fingerprint density at radius 2 is 1.79 bits per heavy atom. The SMILES string of the molecule is COc1ccc(N(Cc2cccnc2)c2ccc(C(=O)O)cc2)cc1OC(C)C. The highest BCUT2D eigenvalue weighted by atomic mass is 16.5. The first-order chi connectivity index (χ1) is 14.0. The van der Waals surface area contributed by atoms with Crippen LogP contribution in [0.25, 0.3) is 0 Å². The number of anilines is 2. The van der Waals surface area contributed by atoms with Gasteiger partial charge in [-0.25, -0.2) is 4.79 Å². The Morgan fingerprint density at radius 1 is 1.07 bits per heavy atom. The lowest BCUT2D eigenvalue weighted by Gasteiger charge is -2.26. The summed E-state index contributed by atoms with van der Waals surface area (Å²) >= 11 is 0. The number of rotatable bonds is 8. The number of hydrogen-bond donors (Lipinski definition) is 1. The van der Waals surface area contributed by atoms with E-state index in [2.05, 4.69) is 9.88 Å². The van der Waals surface area contributed by atoms with Crippen LogP contribution in [0.1, 0.15) is 29.8 Å². The Labute approximate surface area is 170 Å². The number of benzene rings is 2. The van der Waals surface area contributed by atoms with Gasteiger partial charge in [-0.1, -0.05) is 6.07 Å². The number of carboxylic acids is 1. The third-order valence-electron chi connectivity index (χ3n) is 4.31. The number of carbonyl (C=O) groups is 1. The van der Waals surface area contributed by atoms with E-state index in [0.717, 1.165) is 16.9 Å². The van der Waals surface area contributed by atoms with E-state index >= 15 is 0 Å². The molecule has 0 saturated carbocycles. The van der Waals surface area contributed by atoms with E-state index in [1.807, 2.05) is 50.4 Å². The summed E-state index contributed by atoms with van der Waals surface area (Å²) in [7, 11) is 1.61. The molecule has 0 amide bonds. The van der Waals surface area contributed by atoms with Crippen LogP contribution in [0.3, 0.4) is 0 Å². The van der Waals surface area contributed by atoms with Gasteiger partial charge in [0.15, 0.2) is 11.5 Å². The van der Waals surface area contributed by atoms with Crippen molar-refractivity contribution < 1.29 is 19.4 Å². The number of hydrogen-bond acceptors (Lipinski definition) is 5. The maximum atomic E-state index is 11.2. The lowest BCUT2D eigenvalue weighted by Crippen LogP contribution is -2.17. The van der Waals surface area contributed by atoms with Gasteiger partial charge in [0.05, 0.1) is 18.8 Å². The molecule has 0 aliphatic rings. The van der Waals surface area contributed by atoms with Crippen LogP contribution in [0.15, 0.2) is 67.0 Å².